The zero-order valence-corrected chi connectivity index (χ0v) is 13.1. The van der Waals surface area contributed by atoms with Crippen LogP contribution in [0.15, 0.2) is 46.7 Å². The van der Waals surface area contributed by atoms with Crippen LogP contribution in [0.2, 0.25) is 4.34 Å². The van der Waals surface area contributed by atoms with E-state index in [1.165, 1.54) is 0 Å². The van der Waals surface area contributed by atoms with Crippen LogP contribution in [0.1, 0.15) is 24.8 Å². The smallest absolute Gasteiger partial charge is 0.206 e. The van der Waals surface area contributed by atoms with E-state index in [0.717, 1.165) is 36.2 Å². The minimum absolute atomic E-state index is 0.268. The Bertz CT molecular complexity index is 706. The number of halogens is 1. The summed E-state index contributed by atoms with van der Waals surface area (Å²) in [4.78, 5) is 0. The van der Waals surface area contributed by atoms with Crippen molar-refractivity contribution >= 4 is 33.0 Å². The van der Waals surface area contributed by atoms with Gasteiger partial charge in [-0.15, -0.1) is 11.3 Å². The first-order valence-electron chi connectivity index (χ1n) is 6.37. The van der Waals surface area contributed by atoms with Crippen molar-refractivity contribution in [1.82, 2.24) is 4.72 Å². The average Bonchev–Trinajstić information content (AvgIpc) is 2.83. The Hall–Kier alpha value is -0.880. The van der Waals surface area contributed by atoms with E-state index in [2.05, 4.69) is 4.72 Å². The second-order valence-corrected chi connectivity index (χ2v) is 8.59. The molecule has 1 aromatic carbocycles. The highest BCUT2D eigenvalue weighted by Gasteiger charge is 2.42. The van der Waals surface area contributed by atoms with Crippen LogP contribution in [0, 0.1) is 0 Å². The van der Waals surface area contributed by atoms with Crippen LogP contribution in [0.3, 0.4) is 0 Å². The number of sulfonamides is 1. The van der Waals surface area contributed by atoms with Crippen LogP contribution in [-0.4, -0.2) is 8.42 Å². The SMILES string of the molecule is O=S(=O)(NC1(c2ccccc2)CCC1)c1ccc(Cl)s1. The number of benzene rings is 1. The lowest BCUT2D eigenvalue weighted by Crippen LogP contribution is -2.50. The van der Waals surface area contributed by atoms with Crippen LogP contribution >= 0.6 is 22.9 Å². The fourth-order valence-corrected chi connectivity index (χ4v) is 5.42. The van der Waals surface area contributed by atoms with Gasteiger partial charge in [0.15, 0.2) is 0 Å². The second kappa shape index (κ2) is 5.15. The van der Waals surface area contributed by atoms with Gasteiger partial charge < -0.3 is 0 Å². The highest BCUT2D eigenvalue weighted by atomic mass is 35.5. The Morgan fingerprint density at radius 3 is 2.30 bits per heavy atom. The maximum Gasteiger partial charge on any atom is 0.250 e. The third-order valence-electron chi connectivity index (χ3n) is 3.68. The quantitative estimate of drug-likeness (QED) is 0.929. The van der Waals surface area contributed by atoms with E-state index in [0.29, 0.717) is 4.34 Å². The monoisotopic (exact) mass is 327 g/mol. The molecule has 0 atom stereocenters. The summed E-state index contributed by atoms with van der Waals surface area (Å²) in [6.07, 6.45) is 2.69. The molecular weight excluding hydrogens is 314 g/mol. The van der Waals surface area contributed by atoms with Crippen molar-refractivity contribution in [2.45, 2.75) is 29.0 Å². The van der Waals surface area contributed by atoms with Gasteiger partial charge in [-0.2, -0.15) is 4.72 Å². The van der Waals surface area contributed by atoms with Crippen molar-refractivity contribution in [2.24, 2.45) is 0 Å². The summed E-state index contributed by atoms with van der Waals surface area (Å²) >= 11 is 6.91. The van der Waals surface area contributed by atoms with Gasteiger partial charge in [0.1, 0.15) is 4.21 Å². The maximum absolute atomic E-state index is 12.5. The highest BCUT2D eigenvalue weighted by molar-refractivity contribution is 7.91. The summed E-state index contributed by atoms with van der Waals surface area (Å²) in [5.74, 6) is 0. The summed E-state index contributed by atoms with van der Waals surface area (Å²) in [7, 11) is -3.52. The first kappa shape index (κ1) is 14.1. The summed E-state index contributed by atoms with van der Waals surface area (Å²) in [5, 5.41) is 0. The van der Waals surface area contributed by atoms with E-state index in [1.807, 2.05) is 30.3 Å². The van der Waals surface area contributed by atoms with Gasteiger partial charge in [0.05, 0.1) is 9.88 Å². The Morgan fingerprint density at radius 2 is 1.80 bits per heavy atom. The fraction of sp³-hybridized carbons (Fsp3) is 0.286. The number of rotatable bonds is 4. The van der Waals surface area contributed by atoms with Gasteiger partial charge >= 0.3 is 0 Å². The first-order valence-corrected chi connectivity index (χ1v) is 9.04. The maximum atomic E-state index is 12.5. The van der Waals surface area contributed by atoms with Crippen LogP contribution in [0.25, 0.3) is 0 Å². The average molecular weight is 328 g/mol. The summed E-state index contributed by atoms with van der Waals surface area (Å²) < 4.78 is 28.6. The van der Waals surface area contributed by atoms with Crippen molar-refractivity contribution in [3.8, 4) is 0 Å². The molecule has 0 saturated heterocycles. The molecule has 0 bridgehead atoms. The van der Waals surface area contributed by atoms with Gasteiger partial charge in [0, 0.05) is 0 Å². The van der Waals surface area contributed by atoms with E-state index < -0.39 is 15.6 Å². The van der Waals surface area contributed by atoms with E-state index in [4.69, 9.17) is 11.6 Å². The first-order chi connectivity index (χ1) is 9.52. The molecule has 0 unspecified atom stereocenters. The van der Waals surface area contributed by atoms with E-state index >= 15 is 0 Å². The molecular formula is C14H14ClNO2S2. The molecule has 0 amide bonds. The zero-order chi connectivity index (χ0) is 14.2. The highest BCUT2D eigenvalue weighted by Crippen LogP contribution is 2.42. The number of hydrogen-bond donors (Lipinski definition) is 1. The molecule has 1 aliphatic carbocycles. The van der Waals surface area contributed by atoms with Crippen molar-refractivity contribution in [3.05, 3.63) is 52.4 Å². The van der Waals surface area contributed by atoms with Crippen molar-refractivity contribution < 1.29 is 8.42 Å². The number of hydrogen-bond acceptors (Lipinski definition) is 3. The standard InChI is InChI=1S/C14H14ClNO2S2/c15-12-7-8-13(19-12)20(17,18)16-14(9-4-10-14)11-5-2-1-3-6-11/h1-3,5-8,16H,4,9-10H2. The molecule has 1 N–H and O–H groups in total. The normalized spacial score (nSPS) is 17.6. The van der Waals surface area contributed by atoms with Gasteiger partial charge in [-0.25, -0.2) is 8.42 Å². The third kappa shape index (κ3) is 2.51. The van der Waals surface area contributed by atoms with Gasteiger partial charge in [0.2, 0.25) is 0 Å². The predicted molar refractivity (Wildman–Crippen MR) is 81.6 cm³/mol. The Labute approximate surface area is 127 Å². The Balaban J connectivity index is 1.93. The Morgan fingerprint density at radius 1 is 1.10 bits per heavy atom. The number of nitrogens with one attached hydrogen (secondary N) is 1. The summed E-state index contributed by atoms with van der Waals surface area (Å²) in [6.45, 7) is 0. The molecule has 2 aromatic rings. The van der Waals surface area contributed by atoms with Crippen LogP contribution in [0.5, 0.6) is 0 Å². The van der Waals surface area contributed by atoms with Crippen molar-refractivity contribution in [2.75, 3.05) is 0 Å². The molecule has 3 rings (SSSR count). The molecule has 1 aliphatic rings. The fourth-order valence-electron chi connectivity index (χ4n) is 2.49. The molecule has 1 heterocycles. The molecule has 1 aromatic heterocycles. The lowest BCUT2D eigenvalue weighted by Gasteiger charge is -2.42. The largest absolute Gasteiger partial charge is 0.250 e. The molecule has 0 radical (unpaired) electrons. The minimum Gasteiger partial charge on any atom is -0.206 e. The van der Waals surface area contributed by atoms with Crippen molar-refractivity contribution in [1.29, 1.82) is 0 Å². The second-order valence-electron chi connectivity index (χ2n) is 4.97. The van der Waals surface area contributed by atoms with E-state index in [9.17, 15) is 8.42 Å². The third-order valence-corrected chi connectivity index (χ3v) is 6.94. The minimum atomic E-state index is -3.52. The number of thiophene rings is 1. The molecule has 0 aliphatic heterocycles. The van der Waals surface area contributed by atoms with E-state index in [-0.39, 0.29) is 4.21 Å². The lowest BCUT2D eigenvalue weighted by atomic mass is 9.73. The van der Waals surface area contributed by atoms with Gasteiger partial charge in [-0.1, -0.05) is 41.9 Å². The molecule has 0 spiro atoms. The molecule has 1 fully saturated rings. The zero-order valence-electron chi connectivity index (χ0n) is 10.7. The summed E-state index contributed by atoms with van der Waals surface area (Å²) in [6, 6.07) is 12.9. The topological polar surface area (TPSA) is 46.2 Å². The molecule has 20 heavy (non-hydrogen) atoms. The molecule has 6 heteroatoms. The molecule has 1 saturated carbocycles. The summed E-state index contributed by atoms with van der Waals surface area (Å²) in [5.41, 5.74) is 0.564. The predicted octanol–water partition coefficient (Wildman–Crippen LogP) is 3.76. The molecule has 3 nitrogen and oxygen atoms in total. The van der Waals surface area contributed by atoms with Crippen LogP contribution in [0.4, 0.5) is 0 Å². The van der Waals surface area contributed by atoms with Crippen molar-refractivity contribution in [3.63, 3.8) is 0 Å². The van der Waals surface area contributed by atoms with Gasteiger partial charge in [0.25, 0.3) is 10.0 Å². The van der Waals surface area contributed by atoms with Crippen LogP contribution < -0.4 is 4.72 Å². The van der Waals surface area contributed by atoms with Crippen LogP contribution in [-0.2, 0) is 15.6 Å². The Kier molecular flexibility index (Phi) is 3.62. The van der Waals surface area contributed by atoms with Gasteiger partial charge in [-0.3, -0.25) is 0 Å². The lowest BCUT2D eigenvalue weighted by molar-refractivity contribution is 0.224. The van der Waals surface area contributed by atoms with E-state index in [1.54, 1.807) is 12.1 Å². The molecule has 106 valence electrons. The van der Waals surface area contributed by atoms with Gasteiger partial charge in [-0.05, 0) is 37.0 Å².